The molecule has 1 N–H and O–H groups in total. The molecule has 0 radical (unpaired) electrons. The van der Waals surface area contributed by atoms with Crippen LogP contribution in [-0.2, 0) is 17.1 Å². The molecular formula is C20H25NO3S. The highest BCUT2D eigenvalue weighted by atomic mass is 32.2. The molecule has 0 aliphatic carbocycles. The summed E-state index contributed by atoms with van der Waals surface area (Å²) in [5.74, 6) is 2.71. The van der Waals surface area contributed by atoms with Crippen molar-refractivity contribution in [1.82, 2.24) is 5.32 Å². The van der Waals surface area contributed by atoms with E-state index in [4.69, 9.17) is 9.47 Å². The number of amides is 1. The Kier molecular flexibility index (Phi) is 7.67. The van der Waals surface area contributed by atoms with Gasteiger partial charge in [-0.1, -0.05) is 36.4 Å². The van der Waals surface area contributed by atoms with Gasteiger partial charge in [-0.25, -0.2) is 0 Å². The van der Waals surface area contributed by atoms with E-state index in [0.29, 0.717) is 23.8 Å². The topological polar surface area (TPSA) is 47.6 Å². The van der Waals surface area contributed by atoms with Crippen LogP contribution < -0.4 is 14.8 Å². The molecule has 2 aromatic carbocycles. The maximum absolute atomic E-state index is 12.0. The van der Waals surface area contributed by atoms with Gasteiger partial charge in [-0.2, -0.15) is 0 Å². The van der Waals surface area contributed by atoms with Crippen molar-refractivity contribution in [2.24, 2.45) is 0 Å². The third kappa shape index (κ3) is 6.70. The highest BCUT2D eigenvalue weighted by Gasteiger charge is 2.08. The molecule has 0 aliphatic rings. The zero-order valence-corrected chi connectivity index (χ0v) is 15.8. The summed E-state index contributed by atoms with van der Waals surface area (Å²) in [6.07, 6.45) is 0.0843. The van der Waals surface area contributed by atoms with Crippen molar-refractivity contribution >= 4 is 17.7 Å². The van der Waals surface area contributed by atoms with Crippen molar-refractivity contribution in [3.63, 3.8) is 0 Å². The zero-order chi connectivity index (χ0) is 18.1. The number of ether oxygens (including phenoxy) is 2. The van der Waals surface area contributed by atoms with Crippen molar-refractivity contribution in [2.45, 2.75) is 32.2 Å². The number of hydrogen-bond donors (Lipinski definition) is 1. The minimum Gasteiger partial charge on any atom is -0.493 e. The molecule has 0 aliphatic heterocycles. The fourth-order valence-corrected chi connectivity index (χ4v) is 3.08. The maximum atomic E-state index is 12.0. The van der Waals surface area contributed by atoms with Crippen LogP contribution in [0.1, 0.15) is 25.0 Å². The summed E-state index contributed by atoms with van der Waals surface area (Å²) in [7, 11) is 1.62. The molecule has 0 aromatic heterocycles. The quantitative estimate of drug-likeness (QED) is 0.734. The second-order valence-corrected chi connectivity index (χ2v) is 6.89. The Hall–Kier alpha value is -2.14. The number of methoxy groups -OCH3 is 1. The number of nitrogens with one attached hydrogen (secondary N) is 1. The van der Waals surface area contributed by atoms with Gasteiger partial charge in [0.15, 0.2) is 11.5 Å². The van der Waals surface area contributed by atoms with Gasteiger partial charge in [-0.3, -0.25) is 4.79 Å². The molecule has 0 heterocycles. The van der Waals surface area contributed by atoms with Crippen molar-refractivity contribution in [1.29, 1.82) is 0 Å². The van der Waals surface area contributed by atoms with Crippen LogP contribution in [0.15, 0.2) is 48.5 Å². The van der Waals surface area contributed by atoms with Crippen LogP contribution in [0.25, 0.3) is 0 Å². The van der Waals surface area contributed by atoms with Gasteiger partial charge in [0.25, 0.3) is 0 Å². The molecule has 0 saturated carbocycles. The van der Waals surface area contributed by atoms with Crippen LogP contribution in [-0.4, -0.2) is 24.9 Å². The van der Waals surface area contributed by atoms with Crippen molar-refractivity contribution in [3.8, 4) is 11.5 Å². The lowest BCUT2D eigenvalue weighted by molar-refractivity contribution is -0.118. The van der Waals surface area contributed by atoms with E-state index in [1.54, 1.807) is 18.9 Å². The lowest BCUT2D eigenvalue weighted by Crippen LogP contribution is -2.24. The van der Waals surface area contributed by atoms with Crippen molar-refractivity contribution in [3.05, 3.63) is 59.7 Å². The molecule has 2 rings (SSSR count). The number of rotatable bonds is 9. The van der Waals surface area contributed by atoms with Crippen LogP contribution in [0, 0.1) is 0 Å². The largest absolute Gasteiger partial charge is 0.493 e. The van der Waals surface area contributed by atoms with Gasteiger partial charge in [0.1, 0.15) is 0 Å². The fourth-order valence-electron chi connectivity index (χ4n) is 2.26. The van der Waals surface area contributed by atoms with Gasteiger partial charge in [0.2, 0.25) is 5.91 Å². The van der Waals surface area contributed by atoms with Gasteiger partial charge in [0, 0.05) is 12.3 Å². The molecule has 0 unspecified atom stereocenters. The molecule has 1 amide bonds. The normalized spacial score (nSPS) is 10.6. The van der Waals surface area contributed by atoms with Gasteiger partial charge in [-0.15, -0.1) is 11.8 Å². The Morgan fingerprint density at radius 3 is 2.52 bits per heavy atom. The van der Waals surface area contributed by atoms with E-state index in [1.807, 2.05) is 50.2 Å². The van der Waals surface area contributed by atoms with Gasteiger partial charge < -0.3 is 14.8 Å². The summed E-state index contributed by atoms with van der Waals surface area (Å²) in [5.41, 5.74) is 2.21. The monoisotopic (exact) mass is 359 g/mol. The van der Waals surface area contributed by atoms with Gasteiger partial charge >= 0.3 is 0 Å². The molecule has 0 saturated heterocycles. The van der Waals surface area contributed by atoms with E-state index in [1.165, 1.54) is 5.56 Å². The average Bonchev–Trinajstić information content (AvgIpc) is 2.61. The SMILES string of the molecule is COc1cc(CNC(=O)CSCc2ccccc2)ccc1OC(C)C. The predicted octanol–water partition coefficient (Wildman–Crippen LogP) is 4.03. The Labute approximate surface area is 153 Å². The maximum Gasteiger partial charge on any atom is 0.230 e. The van der Waals surface area contributed by atoms with Crippen LogP contribution >= 0.6 is 11.8 Å². The summed E-state index contributed by atoms with van der Waals surface area (Å²) < 4.78 is 11.1. The standard InChI is InChI=1S/C20H25NO3S/c1-15(2)24-18-10-9-17(11-19(18)23-3)12-21-20(22)14-25-13-16-7-5-4-6-8-16/h4-11,15H,12-14H2,1-3H3,(H,21,22). The molecule has 25 heavy (non-hydrogen) atoms. The smallest absolute Gasteiger partial charge is 0.230 e. The molecular weight excluding hydrogens is 334 g/mol. The number of hydrogen-bond acceptors (Lipinski definition) is 4. The third-order valence-corrected chi connectivity index (χ3v) is 4.43. The Bertz CT molecular complexity index is 674. The molecule has 0 spiro atoms. The number of benzene rings is 2. The first-order valence-corrected chi connectivity index (χ1v) is 9.46. The average molecular weight is 359 g/mol. The number of carbonyl (C=O) groups is 1. The minimum absolute atomic E-state index is 0.0300. The summed E-state index contributed by atoms with van der Waals surface area (Å²) in [6.45, 7) is 4.42. The lowest BCUT2D eigenvalue weighted by atomic mass is 10.2. The Morgan fingerprint density at radius 1 is 1.08 bits per heavy atom. The van der Waals surface area contributed by atoms with Crippen LogP contribution in [0.4, 0.5) is 0 Å². The van der Waals surface area contributed by atoms with Crippen molar-refractivity contribution < 1.29 is 14.3 Å². The van der Waals surface area contributed by atoms with E-state index >= 15 is 0 Å². The Morgan fingerprint density at radius 2 is 1.84 bits per heavy atom. The van der Waals surface area contributed by atoms with E-state index in [-0.39, 0.29) is 12.0 Å². The minimum atomic E-state index is 0.0300. The van der Waals surface area contributed by atoms with Crippen molar-refractivity contribution in [2.75, 3.05) is 12.9 Å². The molecule has 5 heteroatoms. The molecule has 0 bridgehead atoms. The van der Waals surface area contributed by atoms with E-state index < -0.39 is 0 Å². The summed E-state index contributed by atoms with van der Waals surface area (Å²) in [6, 6.07) is 15.9. The summed E-state index contributed by atoms with van der Waals surface area (Å²) >= 11 is 1.61. The highest BCUT2D eigenvalue weighted by molar-refractivity contribution is 7.99. The first kappa shape index (κ1) is 19.2. The second kappa shape index (κ2) is 9.99. The molecule has 134 valence electrons. The first-order valence-electron chi connectivity index (χ1n) is 8.30. The molecule has 0 atom stereocenters. The summed E-state index contributed by atoms with van der Waals surface area (Å²) in [4.78, 5) is 12.0. The summed E-state index contributed by atoms with van der Waals surface area (Å²) in [5, 5.41) is 2.94. The predicted molar refractivity (Wildman–Crippen MR) is 103 cm³/mol. The van der Waals surface area contributed by atoms with Gasteiger partial charge in [-0.05, 0) is 37.1 Å². The first-order chi connectivity index (χ1) is 12.1. The second-order valence-electron chi connectivity index (χ2n) is 5.91. The highest BCUT2D eigenvalue weighted by Crippen LogP contribution is 2.28. The number of thioether (sulfide) groups is 1. The fraction of sp³-hybridized carbons (Fsp3) is 0.350. The van der Waals surface area contributed by atoms with E-state index in [9.17, 15) is 4.79 Å². The van der Waals surface area contributed by atoms with Crippen LogP contribution in [0.5, 0.6) is 11.5 Å². The Balaban J connectivity index is 1.79. The third-order valence-electron chi connectivity index (χ3n) is 3.43. The van der Waals surface area contributed by atoms with Gasteiger partial charge in [0.05, 0.1) is 19.0 Å². The van der Waals surface area contributed by atoms with Crippen LogP contribution in [0.2, 0.25) is 0 Å². The van der Waals surface area contributed by atoms with E-state index in [0.717, 1.165) is 11.3 Å². The number of carbonyl (C=O) groups excluding carboxylic acids is 1. The lowest BCUT2D eigenvalue weighted by Gasteiger charge is -2.14. The molecule has 0 fully saturated rings. The molecule has 2 aromatic rings. The van der Waals surface area contributed by atoms with Crippen LogP contribution in [0.3, 0.4) is 0 Å². The van der Waals surface area contributed by atoms with E-state index in [2.05, 4.69) is 17.4 Å². The zero-order valence-electron chi connectivity index (χ0n) is 15.0. The molecule has 4 nitrogen and oxygen atoms in total.